The van der Waals surface area contributed by atoms with Gasteiger partial charge >= 0.3 is 0 Å². The van der Waals surface area contributed by atoms with Gasteiger partial charge in [-0.2, -0.15) is 3.71 Å². The zero-order chi connectivity index (χ0) is 37.2. The van der Waals surface area contributed by atoms with Gasteiger partial charge in [-0.25, -0.2) is 16.8 Å². The Labute approximate surface area is 299 Å². The van der Waals surface area contributed by atoms with Gasteiger partial charge in [0.25, 0.3) is 31.4 Å². The van der Waals surface area contributed by atoms with Gasteiger partial charge in [0.15, 0.2) is 11.5 Å². The molecule has 0 spiro atoms. The highest BCUT2D eigenvalue weighted by Crippen LogP contribution is 2.35. The van der Waals surface area contributed by atoms with Crippen molar-refractivity contribution in [2.75, 3.05) is 24.5 Å². The van der Waals surface area contributed by atoms with E-state index in [1.54, 1.807) is 26.4 Å². The molecule has 268 valence electrons. The van der Waals surface area contributed by atoms with Crippen LogP contribution in [0.15, 0.2) is 119 Å². The van der Waals surface area contributed by atoms with E-state index in [1.165, 1.54) is 23.3 Å². The van der Waals surface area contributed by atoms with Gasteiger partial charge in [0.05, 0.1) is 39.5 Å². The molecule has 0 bridgehead atoms. The van der Waals surface area contributed by atoms with Gasteiger partial charge in [0, 0.05) is 43.9 Å². The smallest absolute Gasteiger partial charge is 0.277 e. The molecule has 0 N–H and O–H groups in total. The van der Waals surface area contributed by atoms with Gasteiger partial charge in [-0.15, -0.1) is 0 Å². The Balaban J connectivity index is 1.26. The van der Waals surface area contributed by atoms with Crippen molar-refractivity contribution >= 4 is 37.1 Å². The summed E-state index contributed by atoms with van der Waals surface area (Å²) in [6.45, 7) is 2.33. The van der Waals surface area contributed by atoms with Gasteiger partial charge in [-0.3, -0.25) is 25.1 Å². The number of non-ortho nitro benzene ring substituents is 2. The third-order valence-corrected chi connectivity index (χ3v) is 12.9. The SMILES string of the molecule is COc1cc2c(cc1OC)CN(Cc1ccc(-c3ccc(N(S(=O)(=O)c4ccc([N+](=O)[O-])cc4)S(=O)(=O)c4ccc([N+](=O)[O-])cc4)cc3)cc1)CC2. The maximum Gasteiger partial charge on any atom is 0.277 e. The quantitative estimate of drug-likeness (QED) is 0.103. The predicted octanol–water partition coefficient (Wildman–Crippen LogP) is 6.33. The molecule has 0 radical (unpaired) electrons. The first-order chi connectivity index (χ1) is 24.8. The third-order valence-electron chi connectivity index (χ3n) is 8.70. The first-order valence-corrected chi connectivity index (χ1v) is 18.6. The highest BCUT2D eigenvalue weighted by atomic mass is 32.3. The maximum atomic E-state index is 13.9. The number of anilines is 1. The van der Waals surface area contributed by atoms with Gasteiger partial charge in [0.1, 0.15) is 0 Å². The summed E-state index contributed by atoms with van der Waals surface area (Å²) in [7, 11) is -6.53. The normalized spacial score (nSPS) is 13.2. The number of nitrogens with zero attached hydrogens (tertiary/aromatic N) is 4. The Hall–Kier alpha value is -5.84. The average Bonchev–Trinajstić information content (AvgIpc) is 3.14. The third kappa shape index (κ3) is 7.16. The van der Waals surface area contributed by atoms with Crippen LogP contribution in [0.5, 0.6) is 11.5 Å². The molecule has 0 atom stereocenters. The fourth-order valence-electron chi connectivity index (χ4n) is 5.99. The number of hydrogen-bond donors (Lipinski definition) is 0. The Morgan fingerprint density at radius 1 is 0.654 bits per heavy atom. The van der Waals surface area contributed by atoms with Crippen LogP contribution in [0.25, 0.3) is 11.1 Å². The Kier molecular flexibility index (Phi) is 9.97. The van der Waals surface area contributed by atoms with Crippen LogP contribution in [0.2, 0.25) is 0 Å². The van der Waals surface area contributed by atoms with Crippen LogP contribution in [-0.2, 0) is 39.6 Å². The molecule has 1 heterocycles. The molecule has 0 unspecified atom stereocenters. The Bertz CT molecular complexity index is 2260. The van der Waals surface area contributed by atoms with Crippen LogP contribution in [0.4, 0.5) is 17.1 Å². The second-order valence-electron chi connectivity index (χ2n) is 11.9. The van der Waals surface area contributed by atoms with Gasteiger partial charge < -0.3 is 9.47 Å². The summed E-state index contributed by atoms with van der Waals surface area (Å²) in [5.41, 5.74) is 3.97. The number of hydrogen-bond acceptors (Lipinski definition) is 11. The number of methoxy groups -OCH3 is 2. The molecule has 5 aromatic rings. The van der Waals surface area contributed by atoms with Crippen LogP contribution in [-0.4, -0.2) is 52.3 Å². The lowest BCUT2D eigenvalue weighted by molar-refractivity contribution is -0.385. The van der Waals surface area contributed by atoms with Crippen LogP contribution < -0.4 is 13.2 Å². The number of sulfonamides is 2. The van der Waals surface area contributed by atoms with Crippen molar-refractivity contribution in [1.29, 1.82) is 0 Å². The van der Waals surface area contributed by atoms with Gasteiger partial charge in [-0.05, 0) is 82.8 Å². The summed E-state index contributed by atoms with van der Waals surface area (Å²) in [4.78, 5) is 22.2. The van der Waals surface area contributed by atoms with Crippen LogP contribution in [0, 0.1) is 20.2 Å². The Morgan fingerprint density at radius 2 is 1.10 bits per heavy atom. The van der Waals surface area contributed by atoms with E-state index in [0.29, 0.717) is 23.6 Å². The largest absolute Gasteiger partial charge is 0.493 e. The van der Waals surface area contributed by atoms with E-state index >= 15 is 0 Å². The predicted molar refractivity (Wildman–Crippen MR) is 192 cm³/mol. The summed E-state index contributed by atoms with van der Waals surface area (Å²) in [6.07, 6.45) is 0.872. The monoisotopic (exact) mass is 744 g/mol. The van der Waals surface area contributed by atoms with Crippen molar-refractivity contribution in [3.8, 4) is 22.6 Å². The molecular weight excluding hydrogens is 713 g/mol. The van der Waals surface area contributed by atoms with Crippen LogP contribution in [0.1, 0.15) is 16.7 Å². The zero-order valence-electron chi connectivity index (χ0n) is 27.9. The molecule has 0 fully saturated rings. The van der Waals surface area contributed by atoms with Crippen molar-refractivity contribution in [1.82, 2.24) is 4.90 Å². The minimum Gasteiger partial charge on any atom is -0.493 e. The number of rotatable bonds is 12. The fourth-order valence-corrected chi connectivity index (χ4v) is 9.68. The minimum absolute atomic E-state index is 0.220. The summed E-state index contributed by atoms with van der Waals surface area (Å²) in [5.74, 6) is 1.40. The molecule has 0 saturated carbocycles. The van der Waals surface area contributed by atoms with E-state index in [-0.39, 0.29) is 20.8 Å². The number of fused-ring (bicyclic) bond motifs is 1. The summed E-state index contributed by atoms with van der Waals surface area (Å²) >= 11 is 0. The summed E-state index contributed by atoms with van der Waals surface area (Å²) < 4.78 is 66.9. The van der Waals surface area contributed by atoms with E-state index in [2.05, 4.69) is 4.90 Å². The summed E-state index contributed by atoms with van der Waals surface area (Å²) in [6, 6.07) is 25.3. The molecule has 0 aliphatic carbocycles. The first kappa shape index (κ1) is 36.0. The van der Waals surface area contributed by atoms with E-state index < -0.39 is 39.7 Å². The molecule has 16 heteroatoms. The second-order valence-corrected chi connectivity index (χ2v) is 15.7. The van der Waals surface area contributed by atoms with Gasteiger partial charge in [-0.1, -0.05) is 36.4 Å². The van der Waals surface area contributed by atoms with Crippen molar-refractivity contribution in [2.24, 2.45) is 0 Å². The van der Waals surface area contributed by atoms with E-state index in [9.17, 15) is 37.1 Å². The molecule has 0 amide bonds. The lowest BCUT2D eigenvalue weighted by atomic mass is 9.98. The molecule has 1 aliphatic rings. The highest BCUT2D eigenvalue weighted by Gasteiger charge is 2.37. The van der Waals surface area contributed by atoms with Crippen molar-refractivity contribution in [2.45, 2.75) is 29.3 Å². The highest BCUT2D eigenvalue weighted by molar-refractivity contribution is 8.10. The summed E-state index contributed by atoms with van der Waals surface area (Å²) in [5, 5.41) is 22.3. The topological polar surface area (TPSA) is 179 Å². The van der Waals surface area contributed by atoms with Gasteiger partial charge in [0.2, 0.25) is 0 Å². The second kappa shape index (κ2) is 14.4. The minimum atomic E-state index is -4.88. The number of nitro groups is 2. The number of nitro benzene ring substituents is 2. The fraction of sp³-hybridized carbons (Fsp3) is 0.167. The van der Waals surface area contributed by atoms with E-state index in [0.717, 1.165) is 79.2 Å². The standard InChI is InChI=1S/C36H32N4O10S2/c1-49-35-21-28-19-20-37(24-29(28)22-36(35)50-2)23-25-3-5-26(6-4-25)27-7-9-32(10-8-27)40(51(45,46)33-15-11-30(12-16-33)38(41)42)52(47,48)34-17-13-31(14-18-34)39(43)44/h3-18,21-22H,19-20,23-24H2,1-2H3. The Morgan fingerprint density at radius 3 is 1.54 bits per heavy atom. The van der Waals surface area contributed by atoms with Crippen molar-refractivity contribution < 1.29 is 36.2 Å². The number of ether oxygens (including phenoxy) is 2. The molecule has 6 rings (SSSR count). The van der Waals surface area contributed by atoms with Crippen molar-refractivity contribution in [3.63, 3.8) is 0 Å². The molecular formula is C36H32N4O10S2. The molecule has 1 aliphatic heterocycles. The lowest BCUT2D eigenvalue weighted by Gasteiger charge is -2.29. The van der Waals surface area contributed by atoms with Crippen LogP contribution >= 0.6 is 0 Å². The van der Waals surface area contributed by atoms with Crippen LogP contribution in [0.3, 0.4) is 0 Å². The molecule has 0 aromatic heterocycles. The molecule has 14 nitrogen and oxygen atoms in total. The van der Waals surface area contributed by atoms with E-state index in [1.807, 2.05) is 36.4 Å². The van der Waals surface area contributed by atoms with Crippen molar-refractivity contribution in [3.05, 3.63) is 146 Å². The average molecular weight is 745 g/mol. The molecule has 0 saturated heterocycles. The molecule has 5 aromatic carbocycles. The van der Waals surface area contributed by atoms with E-state index in [4.69, 9.17) is 9.47 Å². The number of benzene rings is 5. The molecule has 52 heavy (non-hydrogen) atoms. The lowest BCUT2D eigenvalue weighted by Crippen LogP contribution is -2.37. The first-order valence-electron chi connectivity index (χ1n) is 15.8. The maximum absolute atomic E-state index is 13.9. The zero-order valence-corrected chi connectivity index (χ0v) is 29.5.